The van der Waals surface area contributed by atoms with Crippen LogP contribution in [0.5, 0.6) is 0 Å². The summed E-state index contributed by atoms with van der Waals surface area (Å²) in [5, 5.41) is 2.83. The SMILES string of the molecule is CCS(=O)(=O)c1ccc([C@@H](C)NC(=O)CCOC)cc1. The van der Waals surface area contributed by atoms with Crippen molar-refractivity contribution >= 4 is 15.7 Å². The Morgan fingerprint density at radius 3 is 2.40 bits per heavy atom. The van der Waals surface area contributed by atoms with Gasteiger partial charge in [-0.1, -0.05) is 19.1 Å². The van der Waals surface area contributed by atoms with E-state index in [1.807, 2.05) is 6.92 Å². The molecule has 1 rings (SSSR count). The van der Waals surface area contributed by atoms with Crippen LogP contribution in [0, 0.1) is 0 Å². The Morgan fingerprint density at radius 2 is 1.90 bits per heavy atom. The summed E-state index contributed by atoms with van der Waals surface area (Å²) in [7, 11) is -1.63. The van der Waals surface area contributed by atoms with Crippen LogP contribution in [0.15, 0.2) is 29.2 Å². The molecule has 0 heterocycles. The monoisotopic (exact) mass is 299 g/mol. The lowest BCUT2D eigenvalue weighted by atomic mass is 10.1. The van der Waals surface area contributed by atoms with Gasteiger partial charge in [-0.15, -0.1) is 0 Å². The van der Waals surface area contributed by atoms with Crippen molar-refractivity contribution in [2.75, 3.05) is 19.5 Å². The van der Waals surface area contributed by atoms with Gasteiger partial charge >= 0.3 is 0 Å². The zero-order valence-electron chi connectivity index (χ0n) is 12.0. The maximum Gasteiger partial charge on any atom is 0.222 e. The minimum atomic E-state index is -3.18. The van der Waals surface area contributed by atoms with Gasteiger partial charge in [-0.2, -0.15) is 0 Å². The van der Waals surface area contributed by atoms with Crippen LogP contribution in [-0.4, -0.2) is 33.8 Å². The first-order valence-corrected chi connectivity index (χ1v) is 8.17. The molecule has 0 aliphatic rings. The van der Waals surface area contributed by atoms with Gasteiger partial charge in [-0.25, -0.2) is 8.42 Å². The normalized spacial score (nSPS) is 12.9. The van der Waals surface area contributed by atoms with Gasteiger partial charge in [0.15, 0.2) is 9.84 Å². The molecular formula is C14H21NO4S. The lowest BCUT2D eigenvalue weighted by Crippen LogP contribution is -2.27. The van der Waals surface area contributed by atoms with Crippen molar-refractivity contribution in [1.29, 1.82) is 0 Å². The predicted molar refractivity (Wildman–Crippen MR) is 77.2 cm³/mol. The van der Waals surface area contributed by atoms with E-state index in [1.54, 1.807) is 38.3 Å². The highest BCUT2D eigenvalue weighted by molar-refractivity contribution is 7.91. The van der Waals surface area contributed by atoms with Crippen LogP contribution >= 0.6 is 0 Å². The van der Waals surface area contributed by atoms with E-state index in [0.29, 0.717) is 17.9 Å². The molecule has 0 spiro atoms. The molecule has 0 aromatic heterocycles. The lowest BCUT2D eigenvalue weighted by Gasteiger charge is -2.14. The van der Waals surface area contributed by atoms with E-state index in [4.69, 9.17) is 4.74 Å². The first-order chi connectivity index (χ1) is 9.40. The fraction of sp³-hybridized carbons (Fsp3) is 0.500. The molecule has 1 aromatic carbocycles. The summed E-state index contributed by atoms with van der Waals surface area (Å²) in [6.45, 7) is 3.85. The van der Waals surface area contributed by atoms with Crippen molar-refractivity contribution < 1.29 is 17.9 Å². The minimum Gasteiger partial charge on any atom is -0.384 e. The maximum absolute atomic E-state index is 11.7. The number of methoxy groups -OCH3 is 1. The van der Waals surface area contributed by atoms with Crippen molar-refractivity contribution in [3.8, 4) is 0 Å². The van der Waals surface area contributed by atoms with Gasteiger partial charge in [0, 0.05) is 13.5 Å². The lowest BCUT2D eigenvalue weighted by molar-refractivity contribution is -0.122. The van der Waals surface area contributed by atoms with E-state index < -0.39 is 9.84 Å². The number of hydrogen-bond donors (Lipinski definition) is 1. The van der Waals surface area contributed by atoms with Crippen LogP contribution in [0.2, 0.25) is 0 Å². The first kappa shape index (κ1) is 16.7. The van der Waals surface area contributed by atoms with Crippen molar-refractivity contribution in [1.82, 2.24) is 5.32 Å². The van der Waals surface area contributed by atoms with E-state index in [2.05, 4.69) is 5.32 Å². The zero-order valence-corrected chi connectivity index (χ0v) is 12.9. The number of carbonyl (C=O) groups is 1. The van der Waals surface area contributed by atoms with E-state index >= 15 is 0 Å². The molecule has 1 atom stereocenters. The quantitative estimate of drug-likeness (QED) is 0.831. The number of sulfone groups is 1. The smallest absolute Gasteiger partial charge is 0.222 e. The summed E-state index contributed by atoms with van der Waals surface area (Å²) in [6.07, 6.45) is 0.309. The molecule has 0 fully saturated rings. The zero-order chi connectivity index (χ0) is 15.2. The number of rotatable bonds is 7. The Bertz CT molecular complexity index is 537. The molecule has 1 amide bonds. The molecule has 0 saturated carbocycles. The van der Waals surface area contributed by atoms with Crippen LogP contribution < -0.4 is 5.32 Å². The van der Waals surface area contributed by atoms with E-state index in [-0.39, 0.29) is 17.7 Å². The molecule has 0 aliphatic heterocycles. The van der Waals surface area contributed by atoms with E-state index in [9.17, 15) is 13.2 Å². The number of carbonyl (C=O) groups excluding carboxylic acids is 1. The number of ether oxygens (including phenoxy) is 1. The number of benzene rings is 1. The third-order valence-electron chi connectivity index (χ3n) is 3.03. The number of amides is 1. The van der Waals surface area contributed by atoms with Crippen LogP contribution in [0.3, 0.4) is 0 Å². The van der Waals surface area contributed by atoms with Gasteiger partial charge < -0.3 is 10.1 Å². The Labute approximate surface area is 120 Å². The maximum atomic E-state index is 11.7. The molecule has 6 heteroatoms. The van der Waals surface area contributed by atoms with Gasteiger partial charge in [0.2, 0.25) is 5.91 Å². The van der Waals surface area contributed by atoms with Crippen LogP contribution in [0.4, 0.5) is 0 Å². The summed E-state index contributed by atoms with van der Waals surface area (Å²) in [6, 6.07) is 6.43. The highest BCUT2D eigenvalue weighted by atomic mass is 32.2. The second kappa shape index (κ2) is 7.40. The van der Waals surface area contributed by atoms with Gasteiger partial charge in [0.05, 0.1) is 23.3 Å². The average molecular weight is 299 g/mol. The fourth-order valence-electron chi connectivity index (χ4n) is 1.72. The molecule has 112 valence electrons. The molecule has 0 aliphatic carbocycles. The second-order valence-electron chi connectivity index (χ2n) is 4.50. The largest absolute Gasteiger partial charge is 0.384 e. The molecule has 20 heavy (non-hydrogen) atoms. The highest BCUT2D eigenvalue weighted by Crippen LogP contribution is 2.17. The molecular weight excluding hydrogens is 278 g/mol. The van der Waals surface area contributed by atoms with Crippen molar-refractivity contribution in [2.24, 2.45) is 0 Å². The van der Waals surface area contributed by atoms with Gasteiger partial charge in [0.1, 0.15) is 0 Å². The highest BCUT2D eigenvalue weighted by Gasteiger charge is 2.13. The Morgan fingerprint density at radius 1 is 1.30 bits per heavy atom. The van der Waals surface area contributed by atoms with Crippen molar-refractivity contribution in [3.63, 3.8) is 0 Å². The third-order valence-corrected chi connectivity index (χ3v) is 4.78. The summed E-state index contributed by atoms with van der Waals surface area (Å²) in [5.74, 6) is -0.0139. The molecule has 0 bridgehead atoms. The first-order valence-electron chi connectivity index (χ1n) is 6.51. The summed E-state index contributed by atoms with van der Waals surface area (Å²) in [5.41, 5.74) is 0.866. The topological polar surface area (TPSA) is 72.5 Å². The molecule has 1 aromatic rings. The summed E-state index contributed by atoms with van der Waals surface area (Å²) >= 11 is 0. The minimum absolute atomic E-state index is 0.0790. The molecule has 0 saturated heterocycles. The molecule has 0 radical (unpaired) electrons. The van der Waals surface area contributed by atoms with Gasteiger partial charge in [-0.05, 0) is 24.6 Å². The third kappa shape index (κ3) is 4.61. The number of nitrogens with one attached hydrogen (secondary N) is 1. The van der Waals surface area contributed by atoms with Crippen LogP contribution in [-0.2, 0) is 19.4 Å². The van der Waals surface area contributed by atoms with E-state index in [1.165, 1.54) is 0 Å². The van der Waals surface area contributed by atoms with Crippen LogP contribution in [0.25, 0.3) is 0 Å². The predicted octanol–water partition coefficient (Wildman–Crippen LogP) is 1.69. The molecule has 1 N–H and O–H groups in total. The summed E-state index contributed by atoms with van der Waals surface area (Å²) < 4.78 is 28.2. The Balaban J connectivity index is 2.71. The van der Waals surface area contributed by atoms with Crippen molar-refractivity contribution in [2.45, 2.75) is 31.2 Å². The number of hydrogen-bond acceptors (Lipinski definition) is 4. The van der Waals surface area contributed by atoms with Crippen LogP contribution in [0.1, 0.15) is 31.9 Å². The summed E-state index contributed by atoms with van der Waals surface area (Å²) in [4.78, 5) is 11.9. The molecule has 0 unspecified atom stereocenters. The standard InChI is InChI=1S/C14H21NO4S/c1-4-20(17,18)13-7-5-12(6-8-13)11(2)15-14(16)9-10-19-3/h5-8,11H,4,9-10H2,1-3H3,(H,15,16)/t11-/m1/s1. The van der Waals surface area contributed by atoms with Gasteiger partial charge in [-0.3, -0.25) is 4.79 Å². The Kier molecular flexibility index (Phi) is 6.16. The average Bonchev–Trinajstić information content (AvgIpc) is 2.45. The molecule has 5 nitrogen and oxygen atoms in total. The van der Waals surface area contributed by atoms with Gasteiger partial charge in [0.25, 0.3) is 0 Å². The fourth-order valence-corrected chi connectivity index (χ4v) is 2.61. The Hall–Kier alpha value is -1.40. The van der Waals surface area contributed by atoms with Crippen molar-refractivity contribution in [3.05, 3.63) is 29.8 Å². The second-order valence-corrected chi connectivity index (χ2v) is 6.78. The van der Waals surface area contributed by atoms with E-state index in [0.717, 1.165) is 5.56 Å².